The molecule has 2 rings (SSSR count). The number of aromatic hydroxyl groups is 1. The fourth-order valence-electron chi connectivity index (χ4n) is 3.72. The predicted molar refractivity (Wildman–Crippen MR) is 146 cm³/mol. The van der Waals surface area contributed by atoms with Crippen LogP contribution in [0.3, 0.4) is 0 Å². The molecule has 0 fully saturated rings. The lowest BCUT2D eigenvalue weighted by Gasteiger charge is -2.29. The van der Waals surface area contributed by atoms with E-state index in [4.69, 9.17) is 0 Å². The van der Waals surface area contributed by atoms with Gasteiger partial charge in [-0.25, -0.2) is 0 Å². The second kappa shape index (κ2) is 14.8. The van der Waals surface area contributed by atoms with Crippen LogP contribution in [0.5, 0.6) is 5.75 Å². The van der Waals surface area contributed by atoms with Crippen LogP contribution < -0.4 is 21.3 Å². The molecule has 39 heavy (non-hydrogen) atoms. The van der Waals surface area contributed by atoms with Gasteiger partial charge in [0.1, 0.15) is 17.8 Å². The van der Waals surface area contributed by atoms with E-state index in [2.05, 4.69) is 26.3 Å². The van der Waals surface area contributed by atoms with E-state index in [0.717, 1.165) is 5.56 Å². The highest BCUT2D eigenvalue weighted by Crippen LogP contribution is 2.16. The molecule has 4 amide bonds. The van der Waals surface area contributed by atoms with Crippen molar-refractivity contribution >= 4 is 23.6 Å². The van der Waals surface area contributed by atoms with Crippen molar-refractivity contribution in [3.05, 3.63) is 59.9 Å². The number of aliphatic hydroxyl groups excluding tert-OH is 1. The van der Waals surface area contributed by atoms with E-state index in [1.807, 2.05) is 6.07 Å². The Morgan fingerprint density at radius 1 is 0.846 bits per heavy atom. The largest absolute Gasteiger partial charge is 0.507 e. The number of nitrogens with zero attached hydrogens (tertiary/aromatic N) is 1. The summed E-state index contributed by atoms with van der Waals surface area (Å²) in [6, 6.07) is 6.54. The molecule has 212 valence electrons. The average Bonchev–Trinajstić information content (AvgIpc) is 2.89. The number of amides is 4. The highest BCUT2D eigenvalue weighted by molar-refractivity contribution is 6.00. The lowest BCUT2D eigenvalue weighted by atomic mass is 9.99. The van der Waals surface area contributed by atoms with Gasteiger partial charge in [0.2, 0.25) is 17.7 Å². The topological polar surface area (TPSA) is 170 Å². The van der Waals surface area contributed by atoms with Gasteiger partial charge < -0.3 is 31.5 Å². The van der Waals surface area contributed by atoms with Crippen LogP contribution in [-0.4, -0.2) is 69.6 Å². The number of rotatable bonds is 13. The molecule has 1 aromatic carbocycles. The van der Waals surface area contributed by atoms with Gasteiger partial charge in [-0.1, -0.05) is 39.0 Å². The van der Waals surface area contributed by atoms with E-state index < -0.39 is 53.8 Å². The van der Waals surface area contributed by atoms with Gasteiger partial charge in [-0.3, -0.25) is 24.2 Å². The Morgan fingerprint density at radius 2 is 1.54 bits per heavy atom. The quantitative estimate of drug-likeness (QED) is 0.219. The SMILES string of the molecule is CC(C)C(NC(=O)[C@H](C)[C@@H](C)O)C(=O)N[C@H](C)[C@H](NC(=O)c1ccccc1O)C(=O)NCCc1cccnc1. The molecule has 0 spiro atoms. The number of aliphatic hydroxyl groups is 1. The third-order valence-electron chi connectivity index (χ3n) is 6.41. The van der Waals surface area contributed by atoms with Gasteiger partial charge in [0, 0.05) is 18.9 Å². The summed E-state index contributed by atoms with van der Waals surface area (Å²) in [6.45, 7) is 8.37. The van der Waals surface area contributed by atoms with Crippen molar-refractivity contribution in [3.63, 3.8) is 0 Å². The van der Waals surface area contributed by atoms with Gasteiger partial charge in [0.25, 0.3) is 5.91 Å². The number of pyridine rings is 1. The number of carbonyl (C=O) groups is 4. The number of carbonyl (C=O) groups excluding carboxylic acids is 4. The number of benzene rings is 1. The fourth-order valence-corrected chi connectivity index (χ4v) is 3.72. The van der Waals surface area contributed by atoms with Crippen LogP contribution in [0.25, 0.3) is 0 Å². The second-order valence-electron chi connectivity index (χ2n) is 9.93. The summed E-state index contributed by atoms with van der Waals surface area (Å²) in [5, 5.41) is 30.6. The summed E-state index contributed by atoms with van der Waals surface area (Å²) in [5.74, 6) is -3.54. The van der Waals surface area contributed by atoms with E-state index in [1.165, 1.54) is 19.1 Å². The molecule has 0 aliphatic heterocycles. The van der Waals surface area contributed by atoms with E-state index in [9.17, 15) is 29.4 Å². The summed E-state index contributed by atoms with van der Waals surface area (Å²) in [4.78, 5) is 55.9. The first-order valence-electron chi connectivity index (χ1n) is 13.0. The van der Waals surface area contributed by atoms with Gasteiger partial charge in [-0.05, 0) is 49.9 Å². The van der Waals surface area contributed by atoms with Gasteiger partial charge in [-0.2, -0.15) is 0 Å². The standard InChI is InChI=1S/C28H39N5O6/c1-16(2)23(32-25(36)17(3)19(5)34)28(39)31-18(4)24(33-26(37)21-10-6-7-11-22(21)35)27(38)30-14-12-20-9-8-13-29-15-20/h6-11,13,15-19,23-24,34-35H,12,14H2,1-5H3,(H,30,38)(H,31,39)(H,32,36)(H,33,37)/t17-,18-,19-,23?,24+/m1/s1. The summed E-state index contributed by atoms with van der Waals surface area (Å²) in [7, 11) is 0. The Hall–Kier alpha value is -3.99. The minimum absolute atomic E-state index is 0.0244. The Morgan fingerprint density at radius 3 is 2.13 bits per heavy atom. The van der Waals surface area contributed by atoms with Gasteiger partial charge in [-0.15, -0.1) is 0 Å². The molecule has 0 saturated heterocycles. The molecule has 1 aromatic heterocycles. The first kappa shape index (κ1) is 31.2. The molecule has 0 saturated carbocycles. The Kier molecular flexibility index (Phi) is 11.9. The summed E-state index contributed by atoms with van der Waals surface area (Å²) < 4.78 is 0. The summed E-state index contributed by atoms with van der Waals surface area (Å²) >= 11 is 0. The molecule has 0 aliphatic carbocycles. The fraction of sp³-hybridized carbons (Fsp3) is 0.464. The number of nitrogens with one attached hydrogen (secondary N) is 4. The third kappa shape index (κ3) is 9.36. The highest BCUT2D eigenvalue weighted by atomic mass is 16.3. The van der Waals surface area contributed by atoms with Crippen LogP contribution in [0.15, 0.2) is 48.8 Å². The number of para-hydroxylation sites is 1. The lowest BCUT2D eigenvalue weighted by Crippen LogP contribution is -2.61. The van der Waals surface area contributed by atoms with Crippen molar-refractivity contribution in [2.75, 3.05) is 6.54 Å². The van der Waals surface area contributed by atoms with Crippen molar-refractivity contribution in [2.45, 2.75) is 65.3 Å². The normalized spacial score (nSPS) is 14.8. The summed E-state index contributed by atoms with van der Waals surface area (Å²) in [6.07, 6.45) is 2.94. The number of phenols is 1. The van der Waals surface area contributed by atoms with Crippen LogP contribution in [0.2, 0.25) is 0 Å². The highest BCUT2D eigenvalue weighted by Gasteiger charge is 2.33. The van der Waals surface area contributed by atoms with Crippen LogP contribution in [0, 0.1) is 11.8 Å². The summed E-state index contributed by atoms with van der Waals surface area (Å²) in [5.41, 5.74) is 0.888. The number of hydrogen-bond acceptors (Lipinski definition) is 7. The Balaban J connectivity index is 2.18. The molecular weight excluding hydrogens is 502 g/mol. The maximum atomic E-state index is 13.2. The maximum absolute atomic E-state index is 13.2. The number of hydrogen-bond donors (Lipinski definition) is 6. The van der Waals surface area contributed by atoms with Crippen molar-refractivity contribution < 1.29 is 29.4 Å². The molecule has 1 heterocycles. The first-order valence-corrected chi connectivity index (χ1v) is 13.0. The molecule has 0 radical (unpaired) electrons. The van der Waals surface area contributed by atoms with Crippen LogP contribution in [0.4, 0.5) is 0 Å². The molecule has 0 bridgehead atoms. The monoisotopic (exact) mass is 541 g/mol. The van der Waals surface area contributed by atoms with Crippen molar-refractivity contribution in [1.29, 1.82) is 0 Å². The Bertz CT molecular complexity index is 1120. The molecular formula is C28H39N5O6. The lowest BCUT2D eigenvalue weighted by molar-refractivity contribution is -0.134. The molecule has 2 aromatic rings. The van der Waals surface area contributed by atoms with Crippen LogP contribution >= 0.6 is 0 Å². The van der Waals surface area contributed by atoms with Crippen molar-refractivity contribution in [2.24, 2.45) is 11.8 Å². The zero-order valence-corrected chi connectivity index (χ0v) is 23.0. The van der Waals surface area contributed by atoms with Crippen molar-refractivity contribution in [1.82, 2.24) is 26.3 Å². The average molecular weight is 542 g/mol. The predicted octanol–water partition coefficient (Wildman–Crippen LogP) is 0.907. The van der Waals surface area contributed by atoms with E-state index >= 15 is 0 Å². The zero-order chi connectivity index (χ0) is 29.1. The molecule has 11 nitrogen and oxygen atoms in total. The first-order chi connectivity index (χ1) is 18.4. The van der Waals surface area contributed by atoms with Gasteiger partial charge in [0.05, 0.1) is 23.6 Å². The number of phenolic OH excluding ortho intramolecular Hbond substituents is 1. The van der Waals surface area contributed by atoms with Crippen LogP contribution in [-0.2, 0) is 20.8 Å². The molecule has 11 heteroatoms. The second-order valence-corrected chi connectivity index (χ2v) is 9.93. The molecule has 5 atom stereocenters. The van der Waals surface area contributed by atoms with Gasteiger partial charge >= 0.3 is 0 Å². The van der Waals surface area contributed by atoms with Crippen LogP contribution in [0.1, 0.15) is 50.5 Å². The van der Waals surface area contributed by atoms with Gasteiger partial charge in [0.15, 0.2) is 0 Å². The van der Waals surface area contributed by atoms with E-state index in [0.29, 0.717) is 6.42 Å². The third-order valence-corrected chi connectivity index (χ3v) is 6.41. The van der Waals surface area contributed by atoms with E-state index in [1.54, 1.807) is 58.3 Å². The van der Waals surface area contributed by atoms with Crippen molar-refractivity contribution in [3.8, 4) is 5.75 Å². The Labute approximate surface area is 228 Å². The van der Waals surface area contributed by atoms with E-state index in [-0.39, 0.29) is 23.8 Å². The smallest absolute Gasteiger partial charge is 0.255 e. The zero-order valence-electron chi connectivity index (χ0n) is 23.0. The minimum Gasteiger partial charge on any atom is -0.507 e. The minimum atomic E-state index is -1.20. The molecule has 1 unspecified atom stereocenters. The maximum Gasteiger partial charge on any atom is 0.255 e. The number of aromatic nitrogens is 1. The molecule has 0 aliphatic rings. The molecule has 6 N–H and O–H groups in total.